The molecule has 4 nitrogen and oxygen atoms in total. The van der Waals surface area contributed by atoms with Gasteiger partial charge < -0.3 is 9.64 Å². The van der Waals surface area contributed by atoms with Gasteiger partial charge in [-0.2, -0.15) is 0 Å². The van der Waals surface area contributed by atoms with E-state index in [-0.39, 0.29) is 29.9 Å². The van der Waals surface area contributed by atoms with Crippen LogP contribution < -0.4 is 0 Å². The van der Waals surface area contributed by atoms with E-state index in [0.717, 1.165) is 36.8 Å². The topological polar surface area (TPSA) is 46.6 Å². The van der Waals surface area contributed by atoms with Gasteiger partial charge in [0.05, 0.1) is 0 Å². The van der Waals surface area contributed by atoms with Crippen molar-refractivity contribution in [2.75, 3.05) is 0 Å². The number of hydrogen-bond donors (Lipinski definition) is 0. The number of nitrogens with zero attached hydrogens (tertiary/aromatic N) is 1. The lowest BCUT2D eigenvalue weighted by molar-refractivity contribution is 0.00254. The number of carbonyl (C=O) groups is 2. The quantitative estimate of drug-likeness (QED) is 0.734. The van der Waals surface area contributed by atoms with Crippen molar-refractivity contribution >= 4 is 11.9 Å². The lowest BCUT2D eigenvalue weighted by Crippen LogP contribution is -2.49. The summed E-state index contributed by atoms with van der Waals surface area (Å²) in [7, 11) is 0. The van der Waals surface area contributed by atoms with Crippen LogP contribution in [0.1, 0.15) is 67.9 Å². The second-order valence-electron chi connectivity index (χ2n) is 8.60. The summed E-state index contributed by atoms with van der Waals surface area (Å²) < 4.78 is 5.57. The molecule has 2 unspecified atom stereocenters. The molecule has 2 bridgehead atoms. The molecular formula is C21H29NO3. The summed E-state index contributed by atoms with van der Waals surface area (Å²) in [5, 5.41) is 0. The zero-order chi connectivity index (χ0) is 18.4. The molecule has 3 rings (SSSR count). The highest BCUT2D eigenvalue weighted by Crippen LogP contribution is 2.40. The standard InChI is InChI=1S/C21H29NO3/c1-13-6-7-15(10-14(13)2)19(23)16-11-17-8-9-18(12-16)22(17)20(24)25-21(3,4)5/h6-7,10,16-18H,8-9,11-12H2,1-5H3. The van der Waals surface area contributed by atoms with Crippen LogP contribution in [0.2, 0.25) is 0 Å². The predicted octanol–water partition coefficient (Wildman–Crippen LogP) is 4.66. The molecule has 0 N–H and O–H groups in total. The number of aryl methyl sites for hydroxylation is 2. The van der Waals surface area contributed by atoms with Crippen molar-refractivity contribution in [1.82, 2.24) is 4.90 Å². The lowest BCUT2D eigenvalue weighted by Gasteiger charge is -2.39. The van der Waals surface area contributed by atoms with Crippen LogP contribution in [0.4, 0.5) is 4.79 Å². The molecule has 2 heterocycles. The van der Waals surface area contributed by atoms with Gasteiger partial charge in [0.1, 0.15) is 5.60 Å². The summed E-state index contributed by atoms with van der Waals surface area (Å²) in [6.45, 7) is 9.78. The predicted molar refractivity (Wildman–Crippen MR) is 97.9 cm³/mol. The third-order valence-electron chi connectivity index (χ3n) is 5.50. The van der Waals surface area contributed by atoms with Crippen LogP contribution in [-0.2, 0) is 4.74 Å². The van der Waals surface area contributed by atoms with Gasteiger partial charge in [0.2, 0.25) is 0 Å². The zero-order valence-corrected chi connectivity index (χ0v) is 16.0. The molecule has 2 aliphatic heterocycles. The Bertz CT molecular complexity index is 675. The highest BCUT2D eigenvalue weighted by atomic mass is 16.6. The number of fused-ring (bicyclic) bond motifs is 2. The maximum absolute atomic E-state index is 13.0. The number of rotatable bonds is 2. The Hall–Kier alpha value is -1.84. The van der Waals surface area contributed by atoms with E-state index in [1.54, 1.807) is 0 Å². The first kappa shape index (κ1) is 18.0. The number of hydrogen-bond acceptors (Lipinski definition) is 3. The Kier molecular flexibility index (Phi) is 4.65. The average Bonchev–Trinajstić information content (AvgIpc) is 2.78. The highest BCUT2D eigenvalue weighted by molar-refractivity contribution is 5.98. The van der Waals surface area contributed by atoms with Gasteiger partial charge in [-0.15, -0.1) is 0 Å². The van der Waals surface area contributed by atoms with Crippen LogP contribution in [0.3, 0.4) is 0 Å². The molecule has 2 saturated heterocycles. The first-order valence-electron chi connectivity index (χ1n) is 9.28. The minimum atomic E-state index is -0.484. The van der Waals surface area contributed by atoms with E-state index in [9.17, 15) is 9.59 Å². The fraction of sp³-hybridized carbons (Fsp3) is 0.619. The summed E-state index contributed by atoms with van der Waals surface area (Å²) in [5.74, 6) is 0.238. The number of amides is 1. The van der Waals surface area contributed by atoms with Gasteiger partial charge in [0.25, 0.3) is 0 Å². The van der Waals surface area contributed by atoms with Crippen molar-refractivity contribution in [3.8, 4) is 0 Å². The van der Waals surface area contributed by atoms with Crippen LogP contribution in [-0.4, -0.2) is 34.5 Å². The molecule has 1 amide bonds. The fourth-order valence-electron chi connectivity index (χ4n) is 4.13. The van der Waals surface area contributed by atoms with E-state index in [0.29, 0.717) is 0 Å². The molecule has 2 aliphatic rings. The Morgan fingerprint density at radius 1 is 1.04 bits per heavy atom. The Morgan fingerprint density at radius 2 is 1.64 bits per heavy atom. The number of piperidine rings is 1. The van der Waals surface area contributed by atoms with E-state index in [1.165, 1.54) is 5.56 Å². The largest absolute Gasteiger partial charge is 0.444 e. The van der Waals surface area contributed by atoms with Gasteiger partial charge in [-0.25, -0.2) is 4.79 Å². The molecule has 2 atom stereocenters. The molecule has 0 saturated carbocycles. The van der Waals surface area contributed by atoms with Gasteiger partial charge >= 0.3 is 6.09 Å². The number of carbonyl (C=O) groups excluding carboxylic acids is 2. The summed E-state index contributed by atoms with van der Waals surface area (Å²) in [5.41, 5.74) is 2.68. The van der Waals surface area contributed by atoms with Crippen LogP contribution in [0.5, 0.6) is 0 Å². The second kappa shape index (κ2) is 6.47. The maximum Gasteiger partial charge on any atom is 0.410 e. The van der Waals surface area contributed by atoms with E-state index < -0.39 is 5.60 Å². The fourth-order valence-corrected chi connectivity index (χ4v) is 4.13. The minimum absolute atomic E-state index is 0.0123. The maximum atomic E-state index is 13.0. The smallest absolute Gasteiger partial charge is 0.410 e. The second-order valence-corrected chi connectivity index (χ2v) is 8.60. The SMILES string of the molecule is Cc1ccc(C(=O)C2CC3CCC(C2)N3C(=O)OC(C)(C)C)cc1C. The summed E-state index contributed by atoms with van der Waals surface area (Å²) in [6.07, 6.45) is 3.22. The van der Waals surface area contributed by atoms with E-state index in [2.05, 4.69) is 6.92 Å². The molecule has 0 aliphatic carbocycles. The number of ketones is 1. The molecule has 136 valence electrons. The molecule has 0 spiro atoms. The Morgan fingerprint density at radius 3 is 2.16 bits per heavy atom. The molecule has 25 heavy (non-hydrogen) atoms. The van der Waals surface area contributed by atoms with E-state index >= 15 is 0 Å². The lowest BCUT2D eigenvalue weighted by atomic mass is 9.84. The van der Waals surface area contributed by atoms with Crippen LogP contribution in [0.25, 0.3) is 0 Å². The van der Waals surface area contributed by atoms with Gasteiger partial charge in [-0.3, -0.25) is 4.79 Å². The first-order chi connectivity index (χ1) is 11.7. The van der Waals surface area contributed by atoms with Gasteiger partial charge in [-0.05, 0) is 77.5 Å². The van der Waals surface area contributed by atoms with Crippen molar-refractivity contribution in [1.29, 1.82) is 0 Å². The van der Waals surface area contributed by atoms with Gasteiger partial charge in [0.15, 0.2) is 5.78 Å². The van der Waals surface area contributed by atoms with Crippen molar-refractivity contribution in [3.63, 3.8) is 0 Å². The van der Waals surface area contributed by atoms with Crippen LogP contribution in [0, 0.1) is 19.8 Å². The van der Waals surface area contributed by atoms with Gasteiger partial charge in [0, 0.05) is 23.6 Å². The van der Waals surface area contributed by atoms with Crippen LogP contribution in [0.15, 0.2) is 18.2 Å². The van der Waals surface area contributed by atoms with E-state index in [1.807, 2.05) is 50.8 Å². The molecule has 2 fully saturated rings. The van der Waals surface area contributed by atoms with Crippen molar-refractivity contribution in [2.45, 2.75) is 78.0 Å². The molecule has 1 aromatic carbocycles. The molecule has 1 aromatic rings. The number of ether oxygens (including phenoxy) is 1. The summed E-state index contributed by atoms with van der Waals surface area (Å²) in [4.78, 5) is 27.4. The number of Topliss-reactive ketones (excluding diaryl/α,β-unsaturated/α-hetero) is 1. The van der Waals surface area contributed by atoms with Crippen molar-refractivity contribution in [2.24, 2.45) is 5.92 Å². The van der Waals surface area contributed by atoms with Gasteiger partial charge in [-0.1, -0.05) is 12.1 Å². The zero-order valence-electron chi connectivity index (χ0n) is 16.0. The Labute approximate surface area is 150 Å². The molecule has 4 heteroatoms. The summed E-state index contributed by atoms with van der Waals surface area (Å²) in [6, 6.07) is 6.22. The Balaban J connectivity index is 1.72. The molecule has 0 aromatic heterocycles. The minimum Gasteiger partial charge on any atom is -0.444 e. The highest BCUT2D eigenvalue weighted by Gasteiger charge is 2.46. The summed E-state index contributed by atoms with van der Waals surface area (Å²) >= 11 is 0. The average molecular weight is 343 g/mol. The molecule has 0 radical (unpaired) electrons. The monoisotopic (exact) mass is 343 g/mol. The third-order valence-corrected chi connectivity index (χ3v) is 5.50. The third kappa shape index (κ3) is 3.73. The number of benzene rings is 1. The first-order valence-corrected chi connectivity index (χ1v) is 9.28. The molecular weight excluding hydrogens is 314 g/mol. The van der Waals surface area contributed by atoms with Crippen molar-refractivity contribution in [3.05, 3.63) is 34.9 Å². The van der Waals surface area contributed by atoms with Crippen molar-refractivity contribution < 1.29 is 14.3 Å². The van der Waals surface area contributed by atoms with Crippen LogP contribution >= 0.6 is 0 Å². The van der Waals surface area contributed by atoms with E-state index in [4.69, 9.17) is 4.74 Å². The normalized spacial score (nSPS) is 25.8.